The SMILES string of the molecule is CC(C)(C)CC(NC1CC1)c1nc(C(C)(C)C)cs1. The van der Waals surface area contributed by atoms with E-state index in [2.05, 4.69) is 52.2 Å². The van der Waals surface area contributed by atoms with Crippen molar-refractivity contribution in [3.8, 4) is 0 Å². The lowest BCUT2D eigenvalue weighted by molar-refractivity contribution is 0.309. The fourth-order valence-electron chi connectivity index (χ4n) is 2.16. The van der Waals surface area contributed by atoms with Crippen LogP contribution in [0.5, 0.6) is 0 Å². The summed E-state index contributed by atoms with van der Waals surface area (Å²) in [5.41, 5.74) is 1.71. The van der Waals surface area contributed by atoms with Crippen LogP contribution in [0.3, 0.4) is 0 Å². The standard InChI is InChI=1S/C16H28N2S/c1-15(2,3)9-12(17-11-7-8-11)14-18-13(10-19-14)16(4,5)6/h10-12,17H,7-9H2,1-6H3. The quantitative estimate of drug-likeness (QED) is 0.867. The van der Waals surface area contributed by atoms with Crippen molar-refractivity contribution in [2.75, 3.05) is 0 Å². The third-order valence-electron chi connectivity index (χ3n) is 3.42. The minimum absolute atomic E-state index is 0.153. The van der Waals surface area contributed by atoms with Crippen molar-refractivity contribution in [3.63, 3.8) is 0 Å². The first kappa shape index (κ1) is 15.0. The van der Waals surface area contributed by atoms with Crippen LogP contribution in [0.1, 0.15) is 77.5 Å². The highest BCUT2D eigenvalue weighted by atomic mass is 32.1. The number of hydrogen-bond donors (Lipinski definition) is 1. The van der Waals surface area contributed by atoms with Gasteiger partial charge in [-0.3, -0.25) is 0 Å². The van der Waals surface area contributed by atoms with E-state index >= 15 is 0 Å². The summed E-state index contributed by atoms with van der Waals surface area (Å²) in [5, 5.41) is 7.28. The molecule has 1 atom stereocenters. The highest BCUT2D eigenvalue weighted by molar-refractivity contribution is 7.09. The second kappa shape index (κ2) is 5.17. The maximum Gasteiger partial charge on any atom is 0.110 e. The zero-order chi connectivity index (χ0) is 14.3. The molecule has 0 aromatic carbocycles. The van der Waals surface area contributed by atoms with Crippen LogP contribution in [0, 0.1) is 5.41 Å². The number of rotatable bonds is 4. The predicted molar refractivity (Wildman–Crippen MR) is 83.8 cm³/mol. The molecule has 2 nitrogen and oxygen atoms in total. The van der Waals surface area contributed by atoms with Crippen molar-refractivity contribution in [2.24, 2.45) is 5.41 Å². The molecule has 0 bridgehead atoms. The van der Waals surface area contributed by atoms with Crippen LogP contribution in [0.2, 0.25) is 0 Å². The van der Waals surface area contributed by atoms with Crippen molar-refractivity contribution in [2.45, 2.75) is 78.3 Å². The summed E-state index contributed by atoms with van der Waals surface area (Å²) in [6.45, 7) is 13.6. The molecule has 1 aromatic rings. The zero-order valence-electron chi connectivity index (χ0n) is 13.2. The topological polar surface area (TPSA) is 24.9 Å². The Morgan fingerprint density at radius 2 is 1.89 bits per heavy atom. The summed E-state index contributed by atoms with van der Waals surface area (Å²) >= 11 is 1.82. The maximum atomic E-state index is 4.90. The van der Waals surface area contributed by atoms with Crippen LogP contribution in [-0.4, -0.2) is 11.0 Å². The maximum absolute atomic E-state index is 4.90. The minimum Gasteiger partial charge on any atom is -0.305 e. The minimum atomic E-state index is 0.153. The normalized spacial score (nSPS) is 18.6. The Morgan fingerprint density at radius 1 is 1.26 bits per heavy atom. The second-order valence-corrected chi connectivity index (χ2v) is 8.97. The molecule has 1 aliphatic rings. The molecule has 19 heavy (non-hydrogen) atoms. The van der Waals surface area contributed by atoms with Crippen molar-refractivity contribution in [1.82, 2.24) is 10.3 Å². The first-order chi connectivity index (χ1) is 8.65. The van der Waals surface area contributed by atoms with Gasteiger partial charge < -0.3 is 5.32 Å². The van der Waals surface area contributed by atoms with E-state index in [-0.39, 0.29) is 5.41 Å². The molecule has 108 valence electrons. The van der Waals surface area contributed by atoms with Gasteiger partial charge in [-0.2, -0.15) is 0 Å². The van der Waals surface area contributed by atoms with Crippen LogP contribution in [-0.2, 0) is 5.41 Å². The predicted octanol–water partition coefficient (Wildman–Crippen LogP) is 4.67. The summed E-state index contributed by atoms with van der Waals surface area (Å²) < 4.78 is 0. The van der Waals surface area contributed by atoms with Crippen molar-refractivity contribution in [1.29, 1.82) is 0 Å². The number of aromatic nitrogens is 1. The number of nitrogens with one attached hydrogen (secondary N) is 1. The fourth-order valence-corrected chi connectivity index (χ4v) is 3.26. The molecule has 3 heteroatoms. The summed E-state index contributed by atoms with van der Waals surface area (Å²) in [6.07, 6.45) is 3.82. The molecule has 1 fully saturated rings. The molecule has 1 N–H and O–H groups in total. The van der Waals surface area contributed by atoms with E-state index in [9.17, 15) is 0 Å². The van der Waals surface area contributed by atoms with E-state index in [0.717, 1.165) is 12.5 Å². The van der Waals surface area contributed by atoms with Crippen LogP contribution in [0.4, 0.5) is 0 Å². The third-order valence-corrected chi connectivity index (χ3v) is 4.38. The fraction of sp³-hybridized carbons (Fsp3) is 0.812. The number of nitrogens with zero attached hydrogens (tertiary/aromatic N) is 1. The first-order valence-electron chi connectivity index (χ1n) is 7.37. The molecule has 0 spiro atoms. The van der Waals surface area contributed by atoms with Crippen LogP contribution < -0.4 is 5.32 Å². The van der Waals surface area contributed by atoms with Gasteiger partial charge in [-0.1, -0.05) is 41.5 Å². The van der Waals surface area contributed by atoms with Gasteiger partial charge in [-0.15, -0.1) is 11.3 Å². The van der Waals surface area contributed by atoms with Gasteiger partial charge in [0.2, 0.25) is 0 Å². The first-order valence-corrected chi connectivity index (χ1v) is 8.25. The molecule has 1 unspecified atom stereocenters. The van der Waals surface area contributed by atoms with Gasteiger partial charge in [0.25, 0.3) is 0 Å². The molecular formula is C16H28N2S. The lowest BCUT2D eigenvalue weighted by Gasteiger charge is -2.25. The molecule has 1 heterocycles. The Bertz CT molecular complexity index is 419. The zero-order valence-corrected chi connectivity index (χ0v) is 14.0. The second-order valence-electron chi connectivity index (χ2n) is 8.08. The van der Waals surface area contributed by atoms with Crippen molar-refractivity contribution in [3.05, 3.63) is 16.1 Å². The monoisotopic (exact) mass is 280 g/mol. The summed E-state index contributed by atoms with van der Waals surface area (Å²) in [6, 6.07) is 1.16. The van der Waals surface area contributed by atoms with E-state index in [4.69, 9.17) is 4.98 Å². The van der Waals surface area contributed by atoms with E-state index in [1.54, 1.807) is 0 Å². The average molecular weight is 280 g/mol. The van der Waals surface area contributed by atoms with Crippen LogP contribution >= 0.6 is 11.3 Å². The smallest absolute Gasteiger partial charge is 0.110 e. The lowest BCUT2D eigenvalue weighted by Crippen LogP contribution is -2.27. The van der Waals surface area contributed by atoms with Gasteiger partial charge in [0, 0.05) is 16.8 Å². The lowest BCUT2D eigenvalue weighted by atomic mass is 9.88. The van der Waals surface area contributed by atoms with E-state index in [1.807, 2.05) is 11.3 Å². The Kier molecular flexibility index (Phi) is 4.08. The Labute approximate surface area is 122 Å². The average Bonchev–Trinajstić information content (AvgIpc) is 2.89. The van der Waals surface area contributed by atoms with Crippen LogP contribution in [0.25, 0.3) is 0 Å². The summed E-state index contributed by atoms with van der Waals surface area (Å²) in [7, 11) is 0. The van der Waals surface area contributed by atoms with Gasteiger partial charge in [-0.05, 0) is 24.7 Å². The van der Waals surface area contributed by atoms with E-state index in [1.165, 1.54) is 23.5 Å². The largest absolute Gasteiger partial charge is 0.305 e. The molecule has 1 aliphatic carbocycles. The Morgan fingerprint density at radius 3 is 2.32 bits per heavy atom. The third kappa shape index (κ3) is 4.57. The van der Waals surface area contributed by atoms with Gasteiger partial charge in [0.05, 0.1) is 11.7 Å². The van der Waals surface area contributed by atoms with Gasteiger partial charge in [0.1, 0.15) is 5.01 Å². The molecule has 1 aromatic heterocycles. The van der Waals surface area contributed by atoms with Gasteiger partial charge >= 0.3 is 0 Å². The molecule has 2 rings (SSSR count). The summed E-state index contributed by atoms with van der Waals surface area (Å²) in [5.74, 6) is 0. The van der Waals surface area contributed by atoms with Crippen LogP contribution in [0.15, 0.2) is 5.38 Å². The highest BCUT2D eigenvalue weighted by Crippen LogP contribution is 2.35. The Balaban J connectivity index is 2.14. The van der Waals surface area contributed by atoms with Crippen molar-refractivity contribution >= 4 is 11.3 Å². The molecule has 0 aliphatic heterocycles. The van der Waals surface area contributed by atoms with E-state index < -0.39 is 0 Å². The molecular weight excluding hydrogens is 252 g/mol. The van der Waals surface area contributed by atoms with Crippen molar-refractivity contribution < 1.29 is 0 Å². The molecule has 0 saturated heterocycles. The number of thiazole rings is 1. The van der Waals surface area contributed by atoms with E-state index in [0.29, 0.717) is 11.5 Å². The molecule has 0 radical (unpaired) electrons. The molecule has 0 amide bonds. The van der Waals surface area contributed by atoms with Gasteiger partial charge in [0.15, 0.2) is 0 Å². The van der Waals surface area contributed by atoms with Gasteiger partial charge in [-0.25, -0.2) is 4.98 Å². The number of hydrogen-bond acceptors (Lipinski definition) is 3. The molecule has 1 saturated carbocycles. The Hall–Kier alpha value is -0.410. The highest BCUT2D eigenvalue weighted by Gasteiger charge is 2.30. The summed E-state index contributed by atoms with van der Waals surface area (Å²) in [4.78, 5) is 4.90.